The summed E-state index contributed by atoms with van der Waals surface area (Å²) < 4.78 is 11.3. The summed E-state index contributed by atoms with van der Waals surface area (Å²) in [5, 5.41) is 9.86. The number of aliphatic hydroxyl groups is 1. The summed E-state index contributed by atoms with van der Waals surface area (Å²) >= 11 is 0. The summed E-state index contributed by atoms with van der Waals surface area (Å²) in [6, 6.07) is 0. The van der Waals surface area contributed by atoms with Gasteiger partial charge in [0.2, 0.25) is 0 Å². The molecule has 1 heterocycles. The summed E-state index contributed by atoms with van der Waals surface area (Å²) in [5.41, 5.74) is -0.227. The number of ether oxygens (including phenoxy) is 2. The molecule has 1 fully saturated rings. The average Bonchev–Trinajstić information content (AvgIpc) is 2.94. The molecule has 1 rings (SSSR count). The van der Waals surface area contributed by atoms with Gasteiger partial charge in [0.05, 0.1) is 23.2 Å². The van der Waals surface area contributed by atoms with Gasteiger partial charge in [-0.05, 0) is 59.0 Å². The van der Waals surface area contributed by atoms with E-state index in [9.17, 15) is 9.90 Å². The Hall–Kier alpha value is -1.39. The highest BCUT2D eigenvalue weighted by Gasteiger charge is 2.38. The molecule has 4 atom stereocenters. The Morgan fingerprint density at radius 2 is 2.21 bits per heavy atom. The maximum Gasteiger partial charge on any atom is 0.311 e. The van der Waals surface area contributed by atoms with E-state index in [2.05, 4.69) is 13.2 Å². The second-order valence-corrected chi connectivity index (χ2v) is 7.26. The first-order chi connectivity index (χ1) is 11.1. The minimum Gasteiger partial charge on any atom is -0.461 e. The van der Waals surface area contributed by atoms with E-state index in [1.165, 1.54) is 6.08 Å². The maximum atomic E-state index is 12.2. The zero-order valence-corrected chi connectivity index (χ0v) is 15.5. The van der Waals surface area contributed by atoms with E-state index in [-0.39, 0.29) is 30.2 Å². The van der Waals surface area contributed by atoms with E-state index >= 15 is 0 Å². The molecule has 4 nitrogen and oxygen atoms in total. The fourth-order valence-corrected chi connectivity index (χ4v) is 2.63. The number of hydrogen-bond acceptors (Lipinski definition) is 4. The van der Waals surface area contributed by atoms with E-state index in [0.717, 1.165) is 18.4 Å². The number of hydrogen-bond donors (Lipinski definition) is 1. The van der Waals surface area contributed by atoms with Crippen molar-refractivity contribution in [3.8, 4) is 0 Å². The van der Waals surface area contributed by atoms with Crippen molar-refractivity contribution in [1.82, 2.24) is 0 Å². The first-order valence-electron chi connectivity index (χ1n) is 8.62. The third kappa shape index (κ3) is 6.25. The molecule has 1 saturated heterocycles. The number of esters is 1. The van der Waals surface area contributed by atoms with Crippen LogP contribution in [0, 0.1) is 5.92 Å². The van der Waals surface area contributed by atoms with Crippen molar-refractivity contribution in [3.05, 3.63) is 37.0 Å². The van der Waals surface area contributed by atoms with Crippen LogP contribution >= 0.6 is 0 Å². The van der Waals surface area contributed by atoms with Gasteiger partial charge in [0.15, 0.2) is 0 Å². The molecule has 0 aromatic rings. The van der Waals surface area contributed by atoms with Gasteiger partial charge < -0.3 is 14.6 Å². The lowest BCUT2D eigenvalue weighted by Crippen LogP contribution is -2.30. The third-order valence-electron chi connectivity index (χ3n) is 4.73. The molecule has 0 radical (unpaired) electrons. The molecule has 1 aliphatic rings. The lowest BCUT2D eigenvalue weighted by Gasteiger charge is -2.23. The highest BCUT2D eigenvalue weighted by Crippen LogP contribution is 2.34. The van der Waals surface area contributed by atoms with Gasteiger partial charge in [0, 0.05) is 0 Å². The molecule has 0 aliphatic carbocycles. The molecule has 1 aliphatic heterocycles. The molecule has 24 heavy (non-hydrogen) atoms. The van der Waals surface area contributed by atoms with Gasteiger partial charge in [-0.1, -0.05) is 18.2 Å². The molecule has 136 valence electrons. The van der Waals surface area contributed by atoms with Crippen molar-refractivity contribution in [2.45, 2.75) is 70.7 Å². The molecule has 4 heteroatoms. The molecular formula is C20H32O4. The fourth-order valence-electron chi connectivity index (χ4n) is 2.63. The Morgan fingerprint density at radius 1 is 1.54 bits per heavy atom. The third-order valence-corrected chi connectivity index (χ3v) is 4.73. The molecule has 0 unspecified atom stereocenters. The van der Waals surface area contributed by atoms with Crippen LogP contribution < -0.4 is 0 Å². The number of allylic oxidation sites excluding steroid dienone is 1. The zero-order valence-electron chi connectivity index (χ0n) is 15.5. The first kappa shape index (κ1) is 20.7. The predicted octanol–water partition coefficient (Wildman–Crippen LogP) is 3.95. The lowest BCUT2D eigenvalue weighted by molar-refractivity contribution is -0.152. The minimum absolute atomic E-state index is 0.118. The maximum absolute atomic E-state index is 12.2. The van der Waals surface area contributed by atoms with E-state index in [1.807, 2.05) is 26.8 Å². The molecule has 0 spiro atoms. The van der Waals surface area contributed by atoms with Crippen LogP contribution in [-0.4, -0.2) is 35.0 Å². The summed E-state index contributed by atoms with van der Waals surface area (Å²) in [5.74, 6) is -0.528. The standard InChI is InChI=1S/C20H32O4/c1-7-19(5,22)12-9-10-15(3)14-23-18(21)16(4)17-11-13-20(6,8-2)24-17/h7-8,10,16-17,22H,1-2,9,11-14H2,3-6H3/b15-10-/t16-,17+,19+,20+/m0/s1. The Balaban J connectivity index is 2.40. The van der Waals surface area contributed by atoms with Gasteiger partial charge in [0.1, 0.15) is 6.61 Å². The molecule has 0 bridgehead atoms. The summed E-state index contributed by atoms with van der Waals surface area (Å²) in [6.07, 6.45) is 8.22. The highest BCUT2D eigenvalue weighted by molar-refractivity contribution is 5.73. The van der Waals surface area contributed by atoms with Crippen LogP contribution in [0.25, 0.3) is 0 Å². The Morgan fingerprint density at radius 3 is 2.75 bits per heavy atom. The highest BCUT2D eigenvalue weighted by atomic mass is 16.5. The quantitative estimate of drug-likeness (QED) is 0.511. The topological polar surface area (TPSA) is 55.8 Å². The van der Waals surface area contributed by atoms with Crippen molar-refractivity contribution < 1.29 is 19.4 Å². The molecule has 0 amide bonds. The second-order valence-electron chi connectivity index (χ2n) is 7.26. The second kappa shape index (κ2) is 8.63. The van der Waals surface area contributed by atoms with E-state index in [0.29, 0.717) is 12.8 Å². The van der Waals surface area contributed by atoms with Crippen LogP contribution in [0.1, 0.15) is 53.4 Å². The molecule has 1 N–H and O–H groups in total. The number of rotatable bonds is 9. The van der Waals surface area contributed by atoms with Crippen molar-refractivity contribution in [2.75, 3.05) is 6.61 Å². The van der Waals surface area contributed by atoms with Crippen LogP contribution in [0.15, 0.2) is 37.0 Å². The van der Waals surface area contributed by atoms with Gasteiger partial charge in [-0.3, -0.25) is 4.79 Å². The van der Waals surface area contributed by atoms with Gasteiger partial charge in [-0.25, -0.2) is 0 Å². The number of carbonyl (C=O) groups excluding carboxylic acids is 1. The van der Waals surface area contributed by atoms with Gasteiger partial charge in [-0.15, -0.1) is 13.2 Å². The minimum atomic E-state index is -0.862. The molecule has 0 aromatic heterocycles. The van der Waals surface area contributed by atoms with Crippen molar-refractivity contribution in [2.24, 2.45) is 5.92 Å². The smallest absolute Gasteiger partial charge is 0.311 e. The first-order valence-corrected chi connectivity index (χ1v) is 8.62. The molecule has 0 aromatic carbocycles. The monoisotopic (exact) mass is 336 g/mol. The van der Waals surface area contributed by atoms with Gasteiger partial charge in [0.25, 0.3) is 0 Å². The average molecular weight is 336 g/mol. The largest absolute Gasteiger partial charge is 0.461 e. The van der Waals surface area contributed by atoms with Crippen LogP contribution in [0.3, 0.4) is 0 Å². The van der Waals surface area contributed by atoms with Crippen molar-refractivity contribution in [3.63, 3.8) is 0 Å². The van der Waals surface area contributed by atoms with Gasteiger partial charge >= 0.3 is 5.97 Å². The number of carbonyl (C=O) groups is 1. The van der Waals surface area contributed by atoms with E-state index in [1.54, 1.807) is 13.0 Å². The molecule has 0 saturated carbocycles. The van der Waals surface area contributed by atoms with Crippen molar-refractivity contribution >= 4 is 5.97 Å². The summed E-state index contributed by atoms with van der Waals surface area (Å²) in [7, 11) is 0. The molecular weight excluding hydrogens is 304 g/mol. The van der Waals surface area contributed by atoms with Gasteiger partial charge in [-0.2, -0.15) is 0 Å². The SMILES string of the molecule is C=C[C@@](C)(O)CC/C=C(/C)COC(=O)[C@@H](C)[C@H]1CC[C@@](C)(C=C)O1. The van der Waals surface area contributed by atoms with E-state index < -0.39 is 5.60 Å². The van der Waals surface area contributed by atoms with E-state index in [4.69, 9.17) is 9.47 Å². The van der Waals surface area contributed by atoms with Crippen molar-refractivity contribution in [1.29, 1.82) is 0 Å². The van der Waals surface area contributed by atoms with Crippen LogP contribution in [-0.2, 0) is 14.3 Å². The Labute approximate surface area is 146 Å². The lowest BCUT2D eigenvalue weighted by atomic mass is 9.99. The fraction of sp³-hybridized carbons (Fsp3) is 0.650. The van der Waals surface area contributed by atoms with Crippen LogP contribution in [0.4, 0.5) is 0 Å². The predicted molar refractivity (Wildman–Crippen MR) is 96.6 cm³/mol. The normalized spacial score (nSPS) is 28.0. The van der Waals surface area contributed by atoms with Crippen LogP contribution in [0.5, 0.6) is 0 Å². The zero-order chi connectivity index (χ0) is 18.4. The van der Waals surface area contributed by atoms with Crippen LogP contribution in [0.2, 0.25) is 0 Å². The Bertz CT molecular complexity index is 492. The Kier molecular flexibility index (Phi) is 7.43. The summed E-state index contributed by atoms with van der Waals surface area (Å²) in [4.78, 5) is 12.2. The summed E-state index contributed by atoms with van der Waals surface area (Å²) in [6.45, 7) is 15.1.